The lowest BCUT2D eigenvalue weighted by Gasteiger charge is -2.31. The molecule has 2 aromatic rings. The Bertz CT molecular complexity index is 720. The molecule has 1 aromatic carbocycles. The van der Waals surface area contributed by atoms with E-state index in [2.05, 4.69) is 25.5 Å². The number of hydrogen-bond acceptors (Lipinski definition) is 4. The summed E-state index contributed by atoms with van der Waals surface area (Å²) in [7, 11) is 0. The highest BCUT2D eigenvalue weighted by atomic mass is 35.5. The number of anilines is 2. The van der Waals surface area contributed by atoms with Crippen molar-refractivity contribution in [2.75, 3.05) is 29.9 Å². The highest BCUT2D eigenvalue weighted by Crippen LogP contribution is 2.25. The van der Waals surface area contributed by atoms with Crippen LogP contribution in [0.2, 0.25) is 10.0 Å². The SMILES string of the molecule is O=C(NCC1CCN(c2ncccn2)CC1)Nc1ccc(Cl)c(Cl)c1. The molecule has 2 amide bonds. The molecule has 0 atom stereocenters. The summed E-state index contributed by atoms with van der Waals surface area (Å²) in [4.78, 5) is 22.7. The van der Waals surface area contributed by atoms with Gasteiger partial charge in [0.25, 0.3) is 0 Å². The van der Waals surface area contributed by atoms with Crippen LogP contribution in [0.5, 0.6) is 0 Å². The molecule has 1 aliphatic heterocycles. The molecule has 3 rings (SSSR count). The summed E-state index contributed by atoms with van der Waals surface area (Å²) < 4.78 is 0. The number of nitrogens with zero attached hydrogens (tertiary/aromatic N) is 3. The molecule has 1 aliphatic rings. The van der Waals surface area contributed by atoms with Gasteiger partial charge in [-0.2, -0.15) is 0 Å². The first-order valence-corrected chi connectivity index (χ1v) is 8.89. The number of nitrogens with one attached hydrogen (secondary N) is 2. The van der Waals surface area contributed by atoms with Crippen LogP contribution in [0.4, 0.5) is 16.4 Å². The van der Waals surface area contributed by atoms with Gasteiger partial charge in [0, 0.05) is 37.7 Å². The zero-order chi connectivity index (χ0) is 17.6. The van der Waals surface area contributed by atoms with Crippen molar-refractivity contribution in [2.45, 2.75) is 12.8 Å². The summed E-state index contributed by atoms with van der Waals surface area (Å²) in [5, 5.41) is 6.55. The van der Waals surface area contributed by atoms with Gasteiger partial charge in [0.15, 0.2) is 0 Å². The predicted octanol–water partition coefficient (Wildman–Crippen LogP) is 3.82. The first-order chi connectivity index (χ1) is 12.1. The molecule has 1 fully saturated rings. The minimum absolute atomic E-state index is 0.243. The van der Waals surface area contributed by atoms with Crippen LogP contribution in [0.1, 0.15) is 12.8 Å². The molecule has 0 saturated carbocycles. The normalized spacial score (nSPS) is 15.0. The number of piperidine rings is 1. The van der Waals surface area contributed by atoms with Crippen molar-refractivity contribution < 1.29 is 4.79 Å². The van der Waals surface area contributed by atoms with Gasteiger partial charge in [0.2, 0.25) is 5.95 Å². The highest BCUT2D eigenvalue weighted by Gasteiger charge is 2.21. The van der Waals surface area contributed by atoms with Crippen molar-refractivity contribution in [1.82, 2.24) is 15.3 Å². The van der Waals surface area contributed by atoms with Gasteiger partial charge >= 0.3 is 6.03 Å². The smallest absolute Gasteiger partial charge is 0.319 e. The Hall–Kier alpha value is -2.05. The molecule has 8 heteroatoms. The zero-order valence-corrected chi connectivity index (χ0v) is 15.1. The van der Waals surface area contributed by atoms with Gasteiger partial charge in [0.05, 0.1) is 10.0 Å². The lowest BCUT2D eigenvalue weighted by molar-refractivity contribution is 0.248. The van der Waals surface area contributed by atoms with Gasteiger partial charge < -0.3 is 15.5 Å². The number of urea groups is 1. The minimum atomic E-state index is -0.243. The van der Waals surface area contributed by atoms with Gasteiger partial charge in [-0.1, -0.05) is 23.2 Å². The van der Waals surface area contributed by atoms with E-state index in [-0.39, 0.29) is 6.03 Å². The molecule has 6 nitrogen and oxygen atoms in total. The quantitative estimate of drug-likeness (QED) is 0.846. The lowest BCUT2D eigenvalue weighted by Crippen LogP contribution is -2.40. The molecule has 0 bridgehead atoms. The standard InChI is InChI=1S/C17H19Cl2N5O/c18-14-3-2-13(10-15(14)19)23-17(25)22-11-12-4-8-24(9-5-12)16-20-6-1-7-21-16/h1-3,6-7,10,12H,4-5,8-9,11H2,(H2,22,23,25). The van der Waals surface area contributed by atoms with Crippen molar-refractivity contribution in [2.24, 2.45) is 5.92 Å². The van der Waals surface area contributed by atoms with Crippen LogP contribution in [0, 0.1) is 5.92 Å². The number of carbonyl (C=O) groups excluding carboxylic acids is 1. The zero-order valence-electron chi connectivity index (χ0n) is 13.6. The summed E-state index contributed by atoms with van der Waals surface area (Å²) in [6.07, 6.45) is 5.49. The molecule has 1 saturated heterocycles. The number of aromatic nitrogens is 2. The van der Waals surface area contributed by atoms with Crippen LogP contribution in [-0.4, -0.2) is 35.6 Å². The van der Waals surface area contributed by atoms with Gasteiger partial charge in [-0.25, -0.2) is 14.8 Å². The molecule has 2 heterocycles. The molecular formula is C17H19Cl2N5O. The van der Waals surface area contributed by atoms with E-state index in [9.17, 15) is 4.79 Å². The number of carbonyl (C=O) groups is 1. The number of benzene rings is 1. The summed E-state index contributed by atoms with van der Waals surface area (Å²) >= 11 is 11.8. The van der Waals surface area contributed by atoms with E-state index < -0.39 is 0 Å². The second-order valence-electron chi connectivity index (χ2n) is 5.94. The van der Waals surface area contributed by atoms with Gasteiger partial charge in [0.1, 0.15) is 0 Å². The van der Waals surface area contributed by atoms with E-state index in [4.69, 9.17) is 23.2 Å². The summed E-state index contributed by atoms with van der Waals surface area (Å²) in [5.74, 6) is 1.21. The first-order valence-electron chi connectivity index (χ1n) is 8.13. The van der Waals surface area contributed by atoms with Crippen molar-refractivity contribution in [3.8, 4) is 0 Å². The van der Waals surface area contributed by atoms with E-state index in [1.165, 1.54) is 0 Å². The predicted molar refractivity (Wildman–Crippen MR) is 100 cm³/mol. The molecule has 0 aliphatic carbocycles. The Morgan fingerprint density at radius 3 is 2.56 bits per heavy atom. The average molecular weight is 380 g/mol. The molecule has 132 valence electrons. The highest BCUT2D eigenvalue weighted by molar-refractivity contribution is 6.42. The fourth-order valence-electron chi connectivity index (χ4n) is 2.78. The Kier molecular flexibility index (Phi) is 5.94. The lowest BCUT2D eigenvalue weighted by atomic mass is 9.97. The molecular weight excluding hydrogens is 361 g/mol. The van der Waals surface area contributed by atoms with E-state index in [0.29, 0.717) is 28.2 Å². The summed E-state index contributed by atoms with van der Waals surface area (Å²) in [6, 6.07) is 6.56. The van der Waals surface area contributed by atoms with Crippen molar-refractivity contribution >= 4 is 40.9 Å². The van der Waals surface area contributed by atoms with Crippen LogP contribution < -0.4 is 15.5 Å². The van der Waals surface area contributed by atoms with Gasteiger partial charge in [-0.3, -0.25) is 0 Å². The Morgan fingerprint density at radius 1 is 1.16 bits per heavy atom. The first kappa shape index (κ1) is 17.8. The second-order valence-corrected chi connectivity index (χ2v) is 6.76. The van der Waals surface area contributed by atoms with E-state index in [1.54, 1.807) is 30.6 Å². The molecule has 25 heavy (non-hydrogen) atoms. The van der Waals surface area contributed by atoms with Crippen molar-refractivity contribution in [3.05, 3.63) is 46.7 Å². The second kappa shape index (κ2) is 8.36. The van der Waals surface area contributed by atoms with Crippen molar-refractivity contribution in [1.29, 1.82) is 0 Å². The average Bonchev–Trinajstić information content (AvgIpc) is 2.64. The molecule has 0 radical (unpaired) electrons. The third-order valence-electron chi connectivity index (χ3n) is 4.18. The Balaban J connectivity index is 1.42. The topological polar surface area (TPSA) is 70.2 Å². The number of hydrogen-bond donors (Lipinski definition) is 2. The van der Waals surface area contributed by atoms with Crippen LogP contribution in [0.3, 0.4) is 0 Å². The van der Waals surface area contributed by atoms with Gasteiger partial charge in [-0.05, 0) is 43.0 Å². The van der Waals surface area contributed by atoms with E-state index in [0.717, 1.165) is 31.9 Å². The molecule has 0 unspecified atom stereocenters. The maximum Gasteiger partial charge on any atom is 0.319 e. The van der Waals surface area contributed by atoms with Crippen molar-refractivity contribution in [3.63, 3.8) is 0 Å². The van der Waals surface area contributed by atoms with Crippen LogP contribution in [0.25, 0.3) is 0 Å². The fraction of sp³-hybridized carbons (Fsp3) is 0.353. The third-order valence-corrected chi connectivity index (χ3v) is 4.92. The number of halogens is 2. The molecule has 2 N–H and O–H groups in total. The monoisotopic (exact) mass is 379 g/mol. The maximum absolute atomic E-state index is 12.0. The number of amides is 2. The largest absolute Gasteiger partial charge is 0.341 e. The Labute approximate surface area is 156 Å². The van der Waals surface area contributed by atoms with Crippen LogP contribution in [-0.2, 0) is 0 Å². The minimum Gasteiger partial charge on any atom is -0.341 e. The third kappa shape index (κ3) is 4.96. The van der Waals surface area contributed by atoms with Crippen LogP contribution in [0.15, 0.2) is 36.7 Å². The maximum atomic E-state index is 12.0. The molecule has 0 spiro atoms. The summed E-state index contributed by atoms with van der Waals surface area (Å²) in [5.41, 5.74) is 0.614. The van der Waals surface area contributed by atoms with Crippen LogP contribution >= 0.6 is 23.2 Å². The van der Waals surface area contributed by atoms with Gasteiger partial charge in [-0.15, -0.1) is 0 Å². The van der Waals surface area contributed by atoms with E-state index in [1.807, 2.05) is 6.07 Å². The molecule has 1 aromatic heterocycles. The number of rotatable bonds is 4. The van der Waals surface area contributed by atoms with E-state index >= 15 is 0 Å². The summed E-state index contributed by atoms with van der Waals surface area (Å²) in [6.45, 7) is 2.42. The Morgan fingerprint density at radius 2 is 1.88 bits per heavy atom. The fourth-order valence-corrected chi connectivity index (χ4v) is 3.08.